The number of nitrogens with zero attached hydrogens (tertiary/aromatic N) is 2. The number of hydrogen-bond acceptors (Lipinski definition) is 4. The third-order valence-electron chi connectivity index (χ3n) is 5.51. The number of nitrogens with one attached hydrogen (secondary N) is 1. The summed E-state index contributed by atoms with van der Waals surface area (Å²) in [7, 11) is 4.53. The second-order valence-electron chi connectivity index (χ2n) is 6.92. The van der Waals surface area contributed by atoms with Crippen LogP contribution in [-0.4, -0.2) is 72.9 Å². The molecule has 0 aromatic carbocycles. The van der Waals surface area contributed by atoms with Crippen molar-refractivity contribution in [2.24, 2.45) is 0 Å². The molecule has 2 N–H and O–H groups in total. The first-order chi connectivity index (χ1) is 9.60. The third kappa shape index (κ3) is 3.73. The molecule has 0 radical (unpaired) electrons. The normalized spacial score (nSPS) is 33.8. The molecule has 2 rings (SSSR count). The van der Waals surface area contributed by atoms with Crippen molar-refractivity contribution in [2.45, 2.75) is 63.1 Å². The van der Waals surface area contributed by atoms with E-state index in [1.54, 1.807) is 0 Å². The van der Waals surface area contributed by atoms with Gasteiger partial charge < -0.3 is 20.2 Å². The molecule has 1 aliphatic heterocycles. The van der Waals surface area contributed by atoms with Gasteiger partial charge >= 0.3 is 0 Å². The van der Waals surface area contributed by atoms with Gasteiger partial charge in [0, 0.05) is 17.6 Å². The lowest BCUT2D eigenvalue weighted by molar-refractivity contribution is 0.0374. The first-order valence-electron chi connectivity index (χ1n) is 8.36. The molecule has 4 nitrogen and oxygen atoms in total. The van der Waals surface area contributed by atoms with E-state index in [9.17, 15) is 5.11 Å². The number of piperidine rings is 1. The standard InChI is InChI=1S/C16H33N3O/c1-4-17-16(13-20)9-5-6-15(12-16)19(3)14-7-10-18(2)11-8-14/h14-15,17,20H,4-13H2,1-3H3. The molecule has 0 bridgehead atoms. The number of hydrogen-bond donors (Lipinski definition) is 2. The number of likely N-dealkylation sites (tertiary alicyclic amines) is 1. The van der Waals surface area contributed by atoms with Crippen LogP contribution in [0.25, 0.3) is 0 Å². The number of rotatable bonds is 5. The Kier molecular flexibility index (Phi) is 5.84. The average molecular weight is 283 g/mol. The van der Waals surface area contributed by atoms with Crippen molar-refractivity contribution in [3.8, 4) is 0 Å². The quantitative estimate of drug-likeness (QED) is 0.798. The summed E-state index contributed by atoms with van der Waals surface area (Å²) in [6.45, 7) is 5.81. The van der Waals surface area contributed by atoms with E-state index in [0.29, 0.717) is 6.04 Å². The minimum Gasteiger partial charge on any atom is -0.394 e. The summed E-state index contributed by atoms with van der Waals surface area (Å²) < 4.78 is 0. The van der Waals surface area contributed by atoms with E-state index in [0.717, 1.165) is 25.4 Å². The Labute approximate surface area is 124 Å². The lowest BCUT2D eigenvalue weighted by Gasteiger charge is -2.46. The molecule has 4 heteroatoms. The van der Waals surface area contributed by atoms with Gasteiger partial charge in [-0.15, -0.1) is 0 Å². The van der Waals surface area contributed by atoms with Gasteiger partial charge in [0.2, 0.25) is 0 Å². The molecular formula is C16H33N3O. The fraction of sp³-hybridized carbons (Fsp3) is 1.00. The lowest BCUT2D eigenvalue weighted by atomic mass is 9.78. The van der Waals surface area contributed by atoms with Crippen LogP contribution >= 0.6 is 0 Å². The molecule has 118 valence electrons. The van der Waals surface area contributed by atoms with Crippen LogP contribution in [0.5, 0.6) is 0 Å². The number of aliphatic hydroxyl groups is 1. The van der Waals surface area contributed by atoms with Crippen molar-refractivity contribution in [1.82, 2.24) is 15.1 Å². The Morgan fingerprint density at radius 1 is 1.25 bits per heavy atom. The minimum absolute atomic E-state index is 0.0304. The second-order valence-corrected chi connectivity index (χ2v) is 6.92. The Morgan fingerprint density at radius 2 is 1.95 bits per heavy atom. The zero-order valence-corrected chi connectivity index (χ0v) is 13.6. The van der Waals surface area contributed by atoms with E-state index in [-0.39, 0.29) is 12.1 Å². The highest BCUT2D eigenvalue weighted by atomic mass is 16.3. The van der Waals surface area contributed by atoms with Gasteiger partial charge in [0.05, 0.1) is 6.61 Å². The van der Waals surface area contributed by atoms with Gasteiger partial charge in [-0.3, -0.25) is 0 Å². The van der Waals surface area contributed by atoms with Crippen LogP contribution < -0.4 is 5.32 Å². The number of likely N-dealkylation sites (N-methyl/N-ethyl adjacent to an activating group) is 1. The van der Waals surface area contributed by atoms with Gasteiger partial charge in [-0.1, -0.05) is 6.92 Å². The highest BCUT2D eigenvalue weighted by Gasteiger charge is 2.38. The van der Waals surface area contributed by atoms with E-state index >= 15 is 0 Å². The molecule has 0 amide bonds. The predicted octanol–water partition coefficient (Wildman–Crippen LogP) is 1.30. The maximum Gasteiger partial charge on any atom is 0.0613 e. The average Bonchev–Trinajstić information content (AvgIpc) is 2.48. The smallest absolute Gasteiger partial charge is 0.0613 e. The zero-order chi connectivity index (χ0) is 14.6. The molecule has 1 saturated carbocycles. The summed E-state index contributed by atoms with van der Waals surface area (Å²) in [5.74, 6) is 0. The summed E-state index contributed by atoms with van der Waals surface area (Å²) in [6, 6.07) is 1.36. The van der Waals surface area contributed by atoms with Crippen molar-refractivity contribution in [3.63, 3.8) is 0 Å². The van der Waals surface area contributed by atoms with Crippen LogP contribution in [0, 0.1) is 0 Å². The molecule has 2 unspecified atom stereocenters. The minimum atomic E-state index is -0.0304. The summed E-state index contributed by atoms with van der Waals surface area (Å²) >= 11 is 0. The predicted molar refractivity (Wildman–Crippen MR) is 84.0 cm³/mol. The molecule has 2 atom stereocenters. The summed E-state index contributed by atoms with van der Waals surface area (Å²) in [6.07, 6.45) is 7.31. The van der Waals surface area contributed by atoms with Crippen molar-refractivity contribution in [1.29, 1.82) is 0 Å². The van der Waals surface area contributed by atoms with Crippen LogP contribution in [0.15, 0.2) is 0 Å². The first kappa shape index (κ1) is 16.2. The summed E-state index contributed by atoms with van der Waals surface area (Å²) in [5.41, 5.74) is -0.0304. The van der Waals surface area contributed by atoms with Crippen molar-refractivity contribution >= 4 is 0 Å². The zero-order valence-electron chi connectivity index (χ0n) is 13.6. The Hall–Kier alpha value is -0.160. The van der Waals surface area contributed by atoms with Crippen LogP contribution in [0.4, 0.5) is 0 Å². The van der Waals surface area contributed by atoms with E-state index < -0.39 is 0 Å². The highest BCUT2D eigenvalue weighted by molar-refractivity contribution is 4.97. The van der Waals surface area contributed by atoms with E-state index in [2.05, 4.69) is 36.1 Å². The van der Waals surface area contributed by atoms with Gasteiger partial charge in [-0.25, -0.2) is 0 Å². The Morgan fingerprint density at radius 3 is 2.55 bits per heavy atom. The van der Waals surface area contributed by atoms with Gasteiger partial charge in [-0.05, 0) is 72.3 Å². The van der Waals surface area contributed by atoms with Gasteiger partial charge in [0.15, 0.2) is 0 Å². The molecule has 1 aliphatic carbocycles. The molecular weight excluding hydrogens is 250 g/mol. The maximum absolute atomic E-state index is 9.83. The SMILES string of the molecule is CCNC1(CO)CCCC(N(C)C2CCN(C)CC2)C1. The molecule has 1 saturated heterocycles. The molecule has 1 heterocycles. The Balaban J connectivity index is 1.93. The molecule has 2 aliphatic rings. The fourth-order valence-electron chi connectivity index (χ4n) is 4.11. The van der Waals surface area contributed by atoms with Crippen LogP contribution in [0.1, 0.15) is 45.4 Å². The molecule has 2 fully saturated rings. The molecule has 0 aromatic heterocycles. The van der Waals surface area contributed by atoms with Crippen LogP contribution in [0.2, 0.25) is 0 Å². The topological polar surface area (TPSA) is 38.7 Å². The molecule has 20 heavy (non-hydrogen) atoms. The van der Waals surface area contributed by atoms with Crippen LogP contribution in [-0.2, 0) is 0 Å². The van der Waals surface area contributed by atoms with E-state index in [1.807, 2.05) is 0 Å². The van der Waals surface area contributed by atoms with Crippen molar-refractivity contribution in [3.05, 3.63) is 0 Å². The van der Waals surface area contributed by atoms with Crippen molar-refractivity contribution in [2.75, 3.05) is 40.3 Å². The Bertz CT molecular complexity index is 287. The van der Waals surface area contributed by atoms with Crippen molar-refractivity contribution < 1.29 is 5.11 Å². The van der Waals surface area contributed by atoms with E-state index in [1.165, 1.54) is 38.8 Å². The third-order valence-corrected chi connectivity index (χ3v) is 5.51. The summed E-state index contributed by atoms with van der Waals surface area (Å²) in [4.78, 5) is 5.05. The monoisotopic (exact) mass is 283 g/mol. The fourth-order valence-corrected chi connectivity index (χ4v) is 4.11. The van der Waals surface area contributed by atoms with Gasteiger partial charge in [0.1, 0.15) is 0 Å². The highest BCUT2D eigenvalue weighted by Crippen LogP contribution is 2.32. The molecule has 0 spiro atoms. The van der Waals surface area contributed by atoms with E-state index in [4.69, 9.17) is 0 Å². The lowest BCUT2D eigenvalue weighted by Crippen LogP contribution is -2.57. The van der Waals surface area contributed by atoms with Crippen LogP contribution in [0.3, 0.4) is 0 Å². The molecule has 0 aromatic rings. The van der Waals surface area contributed by atoms with Gasteiger partial charge in [0.25, 0.3) is 0 Å². The first-order valence-corrected chi connectivity index (χ1v) is 8.36. The second kappa shape index (κ2) is 7.21. The maximum atomic E-state index is 9.83. The summed E-state index contributed by atoms with van der Waals surface area (Å²) in [5, 5.41) is 13.4. The number of aliphatic hydroxyl groups excluding tert-OH is 1. The van der Waals surface area contributed by atoms with Gasteiger partial charge in [-0.2, -0.15) is 0 Å². The largest absolute Gasteiger partial charge is 0.394 e.